The van der Waals surface area contributed by atoms with Gasteiger partial charge in [-0.3, -0.25) is 4.57 Å². The van der Waals surface area contributed by atoms with Crippen LogP contribution in [0.15, 0.2) is 78.1 Å². The molecule has 0 unspecified atom stereocenters. The van der Waals surface area contributed by atoms with E-state index in [1.165, 1.54) is 12.4 Å². The van der Waals surface area contributed by atoms with Crippen LogP contribution in [0.3, 0.4) is 0 Å². The van der Waals surface area contributed by atoms with E-state index >= 15 is 0 Å². The molecule has 2 heterocycles. The number of sulfonamides is 1. The molecule has 0 atom stereocenters. The summed E-state index contributed by atoms with van der Waals surface area (Å²) in [5, 5.41) is 4.81. The molecule has 9 heteroatoms. The Kier molecular flexibility index (Phi) is 4.66. The van der Waals surface area contributed by atoms with E-state index in [0.717, 1.165) is 5.69 Å². The number of anilines is 1. The first-order valence-corrected chi connectivity index (χ1v) is 10.2. The van der Waals surface area contributed by atoms with E-state index in [1.54, 1.807) is 46.6 Å². The third-order valence-electron chi connectivity index (χ3n) is 4.23. The minimum absolute atomic E-state index is 0.0741. The van der Waals surface area contributed by atoms with Gasteiger partial charge in [0, 0.05) is 23.1 Å². The van der Waals surface area contributed by atoms with Crippen molar-refractivity contribution in [3.8, 4) is 11.4 Å². The summed E-state index contributed by atoms with van der Waals surface area (Å²) in [6.45, 7) is 1.69. The van der Waals surface area contributed by atoms with Gasteiger partial charge in [-0.25, -0.2) is 22.8 Å². The van der Waals surface area contributed by atoms with Gasteiger partial charge in [-0.15, -0.1) is 0 Å². The molecule has 4 aromatic rings. The fourth-order valence-corrected chi connectivity index (χ4v) is 4.14. The van der Waals surface area contributed by atoms with Crippen molar-refractivity contribution >= 4 is 27.6 Å². The molecule has 0 saturated heterocycles. The van der Waals surface area contributed by atoms with Crippen molar-refractivity contribution in [2.45, 2.75) is 11.8 Å². The van der Waals surface area contributed by atoms with Crippen LogP contribution in [0.25, 0.3) is 11.4 Å². The molecular formula is C19H16ClN5O2S. The first-order chi connectivity index (χ1) is 13.5. The zero-order valence-corrected chi connectivity index (χ0v) is 16.4. The molecule has 0 spiro atoms. The van der Waals surface area contributed by atoms with Crippen molar-refractivity contribution in [2.24, 2.45) is 0 Å². The van der Waals surface area contributed by atoms with Crippen LogP contribution < -0.4 is 4.72 Å². The lowest BCUT2D eigenvalue weighted by Gasteiger charge is -2.10. The topological polar surface area (TPSA) is 81.8 Å². The molecule has 28 heavy (non-hydrogen) atoms. The first kappa shape index (κ1) is 18.3. The summed E-state index contributed by atoms with van der Waals surface area (Å²) in [5.41, 5.74) is 1.99. The second-order valence-electron chi connectivity index (χ2n) is 6.04. The third kappa shape index (κ3) is 3.39. The molecule has 0 amide bonds. The second kappa shape index (κ2) is 7.14. The molecule has 7 nitrogen and oxygen atoms in total. The molecule has 0 radical (unpaired) electrons. The van der Waals surface area contributed by atoms with Gasteiger partial charge in [-0.05, 0) is 43.3 Å². The van der Waals surface area contributed by atoms with Crippen LogP contribution in [0.2, 0.25) is 5.02 Å². The molecule has 1 N–H and O–H groups in total. The van der Waals surface area contributed by atoms with Crippen molar-refractivity contribution in [2.75, 3.05) is 4.72 Å². The number of nitrogens with one attached hydrogen (secondary N) is 1. The molecule has 0 fully saturated rings. The molecule has 0 aliphatic carbocycles. The lowest BCUT2D eigenvalue weighted by Crippen LogP contribution is -2.17. The summed E-state index contributed by atoms with van der Waals surface area (Å²) in [5.74, 6) is 0.199. The first-order valence-electron chi connectivity index (χ1n) is 8.38. The normalized spacial score (nSPS) is 11.5. The lowest BCUT2D eigenvalue weighted by molar-refractivity contribution is 0.600. The molecule has 2 aromatic heterocycles. The zero-order chi connectivity index (χ0) is 19.7. The second-order valence-corrected chi connectivity index (χ2v) is 8.13. The number of imidazole rings is 1. The van der Waals surface area contributed by atoms with Crippen molar-refractivity contribution in [1.82, 2.24) is 19.3 Å². The summed E-state index contributed by atoms with van der Waals surface area (Å²) < 4.78 is 31.7. The average molecular weight is 414 g/mol. The highest BCUT2D eigenvalue weighted by atomic mass is 35.5. The van der Waals surface area contributed by atoms with Crippen molar-refractivity contribution in [3.63, 3.8) is 0 Å². The minimum Gasteiger partial charge on any atom is -0.286 e. The minimum atomic E-state index is -3.88. The number of halogens is 1. The van der Waals surface area contributed by atoms with Crippen LogP contribution in [-0.4, -0.2) is 27.7 Å². The monoisotopic (exact) mass is 413 g/mol. The maximum absolute atomic E-state index is 13.0. The molecule has 142 valence electrons. The number of rotatable bonds is 5. The molecule has 4 rings (SSSR count). The van der Waals surface area contributed by atoms with Gasteiger partial charge >= 0.3 is 0 Å². The quantitative estimate of drug-likeness (QED) is 0.539. The molecule has 2 aromatic carbocycles. The largest absolute Gasteiger partial charge is 0.286 e. The number of benzene rings is 2. The molecular weight excluding hydrogens is 398 g/mol. The van der Waals surface area contributed by atoms with Crippen LogP contribution in [-0.2, 0) is 10.0 Å². The van der Waals surface area contributed by atoms with Gasteiger partial charge < -0.3 is 0 Å². The number of para-hydroxylation sites is 1. The van der Waals surface area contributed by atoms with E-state index in [1.807, 2.05) is 30.3 Å². The maximum atomic E-state index is 13.0. The van der Waals surface area contributed by atoms with Crippen LogP contribution in [0, 0.1) is 6.92 Å². The van der Waals surface area contributed by atoms with Gasteiger partial charge in [0.15, 0.2) is 0 Å². The molecule has 0 aliphatic rings. The molecule has 0 bridgehead atoms. The van der Waals surface area contributed by atoms with Crippen LogP contribution in [0.1, 0.15) is 5.69 Å². The number of aromatic nitrogens is 4. The van der Waals surface area contributed by atoms with Gasteiger partial charge in [0.05, 0.1) is 17.6 Å². The number of nitrogens with zero attached hydrogens (tertiary/aromatic N) is 4. The highest BCUT2D eigenvalue weighted by Gasteiger charge is 2.23. The zero-order valence-electron chi connectivity index (χ0n) is 14.8. The van der Waals surface area contributed by atoms with Gasteiger partial charge in [0.2, 0.25) is 5.95 Å². The highest BCUT2D eigenvalue weighted by molar-refractivity contribution is 7.92. The van der Waals surface area contributed by atoms with Gasteiger partial charge in [0.1, 0.15) is 4.90 Å². The highest BCUT2D eigenvalue weighted by Crippen LogP contribution is 2.23. The summed E-state index contributed by atoms with van der Waals surface area (Å²) in [6, 6.07) is 16.3. The number of hydrogen-bond acceptors (Lipinski definition) is 4. The van der Waals surface area contributed by atoms with E-state index in [4.69, 9.17) is 11.6 Å². The third-order valence-corrected chi connectivity index (χ3v) is 5.91. The predicted octanol–water partition coefficient (Wildman–Crippen LogP) is 3.82. The van der Waals surface area contributed by atoms with Crippen LogP contribution in [0.5, 0.6) is 0 Å². The fraction of sp³-hybridized carbons (Fsp3) is 0.0526. The van der Waals surface area contributed by atoms with Gasteiger partial charge in [0.25, 0.3) is 10.0 Å². The summed E-state index contributed by atoms with van der Waals surface area (Å²) in [4.78, 5) is 4.21. The Labute approximate surface area is 167 Å². The Hall–Kier alpha value is -3.10. The van der Waals surface area contributed by atoms with Crippen molar-refractivity contribution in [1.29, 1.82) is 0 Å². The Morgan fingerprint density at radius 1 is 1.00 bits per heavy atom. The van der Waals surface area contributed by atoms with Crippen LogP contribution in [0.4, 0.5) is 5.95 Å². The molecule has 0 aliphatic heterocycles. The van der Waals surface area contributed by atoms with E-state index in [-0.39, 0.29) is 10.8 Å². The van der Waals surface area contributed by atoms with Gasteiger partial charge in [-0.1, -0.05) is 29.8 Å². The SMILES string of the molecule is Cc1c(S(=O)(=O)Nc2nccn2-c2ccccc2)cnn1-c1ccc(Cl)cc1. The average Bonchev–Trinajstić information content (AvgIpc) is 3.30. The Bertz CT molecular complexity index is 1210. The maximum Gasteiger partial charge on any atom is 0.267 e. The summed E-state index contributed by atoms with van der Waals surface area (Å²) in [7, 11) is -3.88. The van der Waals surface area contributed by atoms with E-state index in [9.17, 15) is 8.42 Å². The van der Waals surface area contributed by atoms with Gasteiger partial charge in [-0.2, -0.15) is 5.10 Å². The van der Waals surface area contributed by atoms with Crippen molar-refractivity contribution < 1.29 is 8.42 Å². The fourth-order valence-electron chi connectivity index (χ4n) is 2.85. The Morgan fingerprint density at radius 2 is 1.71 bits per heavy atom. The molecule has 0 saturated carbocycles. The predicted molar refractivity (Wildman–Crippen MR) is 108 cm³/mol. The van der Waals surface area contributed by atoms with E-state index in [0.29, 0.717) is 16.4 Å². The summed E-state index contributed by atoms with van der Waals surface area (Å²) in [6.07, 6.45) is 4.55. The van der Waals surface area contributed by atoms with Crippen LogP contribution >= 0.6 is 11.6 Å². The van der Waals surface area contributed by atoms with Crippen molar-refractivity contribution in [3.05, 3.63) is 83.9 Å². The lowest BCUT2D eigenvalue weighted by atomic mass is 10.3. The standard InChI is InChI=1S/C19H16ClN5O2S/c1-14-18(13-22-25(14)17-9-7-15(20)8-10-17)28(26,27)23-19-21-11-12-24(19)16-5-3-2-4-6-16/h2-13H,1H3,(H,21,23). The van der Waals surface area contributed by atoms with E-state index in [2.05, 4.69) is 14.8 Å². The summed E-state index contributed by atoms with van der Waals surface area (Å²) >= 11 is 5.92. The smallest absolute Gasteiger partial charge is 0.267 e. The Balaban J connectivity index is 1.68. The Morgan fingerprint density at radius 3 is 2.43 bits per heavy atom. The number of hydrogen-bond donors (Lipinski definition) is 1. The van der Waals surface area contributed by atoms with E-state index < -0.39 is 10.0 Å².